The predicted octanol–water partition coefficient (Wildman–Crippen LogP) is 5.41. The molecule has 38 heavy (non-hydrogen) atoms. The average Bonchev–Trinajstić information content (AvgIpc) is 3.37. The fraction of sp³-hybridized carbons (Fsp3) is 0.333. The Morgan fingerprint density at radius 2 is 1.42 bits per heavy atom. The minimum absolute atomic E-state index is 0.136. The minimum atomic E-state index is -0.297. The molecule has 6 rings (SSSR count). The zero-order valence-corrected chi connectivity index (χ0v) is 22.7. The van der Waals surface area contributed by atoms with Gasteiger partial charge in [-0.3, -0.25) is 9.80 Å². The van der Waals surface area contributed by atoms with Crippen LogP contribution >= 0.6 is 23.2 Å². The van der Waals surface area contributed by atoms with Gasteiger partial charge in [-0.15, -0.1) is 0 Å². The molecule has 0 amide bonds. The smallest absolute Gasteiger partial charge is 0.145 e. The van der Waals surface area contributed by atoms with E-state index in [9.17, 15) is 5.11 Å². The molecule has 8 heteroatoms. The Bertz CT molecular complexity index is 1340. The van der Waals surface area contributed by atoms with E-state index in [1.54, 1.807) is 0 Å². The highest BCUT2D eigenvalue weighted by Gasteiger charge is 2.28. The normalized spacial score (nSPS) is 19.1. The largest absolute Gasteiger partial charge is 0.391 e. The van der Waals surface area contributed by atoms with Gasteiger partial charge in [-0.05, 0) is 53.9 Å². The molecule has 1 aromatic heterocycles. The van der Waals surface area contributed by atoms with Crippen LogP contribution in [0.15, 0.2) is 72.8 Å². The zero-order valence-electron chi connectivity index (χ0n) is 21.2. The number of β-amino-alcohol motifs (C(OH)–C–C–N with tert-alkyl or cyclic N) is 1. The number of aliphatic hydroxyl groups excluding tert-OH is 1. The van der Waals surface area contributed by atoms with Crippen LogP contribution in [0.25, 0.3) is 10.9 Å². The molecule has 0 radical (unpaired) electrons. The third kappa shape index (κ3) is 5.51. The van der Waals surface area contributed by atoms with E-state index < -0.39 is 0 Å². The molecule has 1 N–H and O–H groups in total. The van der Waals surface area contributed by atoms with Gasteiger partial charge in [0.15, 0.2) is 0 Å². The highest BCUT2D eigenvalue weighted by Crippen LogP contribution is 2.32. The van der Waals surface area contributed by atoms with Crippen LogP contribution in [-0.2, 0) is 6.54 Å². The van der Waals surface area contributed by atoms with E-state index in [-0.39, 0.29) is 12.1 Å². The first-order valence-electron chi connectivity index (χ1n) is 13.2. The minimum Gasteiger partial charge on any atom is -0.391 e. The van der Waals surface area contributed by atoms with Gasteiger partial charge < -0.3 is 10.0 Å². The summed E-state index contributed by atoms with van der Waals surface area (Å²) in [7, 11) is 0. The van der Waals surface area contributed by atoms with E-state index in [1.807, 2.05) is 36.4 Å². The van der Waals surface area contributed by atoms with Crippen molar-refractivity contribution in [2.45, 2.75) is 25.1 Å². The monoisotopic (exact) mass is 547 g/mol. The van der Waals surface area contributed by atoms with Crippen LogP contribution in [0.2, 0.25) is 10.0 Å². The Morgan fingerprint density at radius 3 is 2.03 bits per heavy atom. The topological polar surface area (TPSA) is 55.7 Å². The summed E-state index contributed by atoms with van der Waals surface area (Å²) in [5.41, 5.74) is 3.40. The first-order valence-corrected chi connectivity index (χ1v) is 13.9. The summed E-state index contributed by atoms with van der Waals surface area (Å²) in [4.78, 5) is 17.1. The fourth-order valence-corrected chi connectivity index (χ4v) is 5.89. The van der Waals surface area contributed by atoms with Crippen LogP contribution in [0.3, 0.4) is 0 Å². The van der Waals surface area contributed by atoms with Gasteiger partial charge >= 0.3 is 0 Å². The van der Waals surface area contributed by atoms with Gasteiger partial charge in [0.2, 0.25) is 0 Å². The Kier molecular flexibility index (Phi) is 7.50. The second-order valence-electron chi connectivity index (χ2n) is 10.2. The highest BCUT2D eigenvalue weighted by molar-refractivity contribution is 6.30. The highest BCUT2D eigenvalue weighted by atomic mass is 35.5. The summed E-state index contributed by atoms with van der Waals surface area (Å²) in [6.45, 7) is 5.84. The van der Waals surface area contributed by atoms with E-state index in [2.05, 4.69) is 51.1 Å². The number of halogens is 2. The molecule has 2 aliphatic rings. The maximum Gasteiger partial charge on any atom is 0.145 e. The van der Waals surface area contributed by atoms with Crippen molar-refractivity contribution < 1.29 is 5.11 Å². The molecular weight excluding hydrogens is 517 g/mol. The number of nitrogens with zero attached hydrogens (tertiary/aromatic N) is 5. The van der Waals surface area contributed by atoms with E-state index in [0.29, 0.717) is 13.1 Å². The van der Waals surface area contributed by atoms with Crippen LogP contribution in [0, 0.1) is 0 Å². The Hall–Kier alpha value is -2.74. The quantitative estimate of drug-likeness (QED) is 0.348. The molecule has 0 aliphatic carbocycles. The molecule has 2 fully saturated rings. The summed E-state index contributed by atoms with van der Waals surface area (Å²) < 4.78 is 0. The van der Waals surface area contributed by atoms with Gasteiger partial charge in [0.05, 0.1) is 24.2 Å². The molecule has 0 saturated carbocycles. The lowest BCUT2D eigenvalue weighted by atomic mass is 9.96. The second kappa shape index (κ2) is 11.2. The van der Waals surface area contributed by atoms with E-state index in [1.165, 1.54) is 11.1 Å². The molecule has 2 aliphatic heterocycles. The SMILES string of the molecule is OC1CCN(c2nc(CN3CCN(C(c4ccc(Cl)cc4)c4ccc(Cl)cc4)CC3)nc3ccccc23)C1. The number of benzene rings is 3. The predicted molar refractivity (Wildman–Crippen MR) is 154 cm³/mol. The van der Waals surface area contributed by atoms with E-state index in [0.717, 1.165) is 71.7 Å². The number of rotatable bonds is 6. The van der Waals surface area contributed by atoms with Crippen LogP contribution in [0.4, 0.5) is 5.82 Å². The van der Waals surface area contributed by atoms with Gasteiger partial charge in [-0.25, -0.2) is 9.97 Å². The van der Waals surface area contributed by atoms with Crippen LogP contribution < -0.4 is 4.90 Å². The number of aliphatic hydroxyl groups is 1. The molecule has 4 aromatic rings. The number of hydrogen-bond donors (Lipinski definition) is 1. The van der Waals surface area contributed by atoms with Crippen LogP contribution in [0.1, 0.15) is 29.4 Å². The van der Waals surface area contributed by atoms with Crippen LogP contribution in [0.5, 0.6) is 0 Å². The van der Waals surface area contributed by atoms with Gasteiger partial charge in [0.25, 0.3) is 0 Å². The van der Waals surface area contributed by atoms with Crippen LogP contribution in [-0.4, -0.2) is 70.2 Å². The molecule has 1 atom stereocenters. The van der Waals surface area contributed by atoms with Crippen molar-refractivity contribution in [3.8, 4) is 0 Å². The Balaban J connectivity index is 1.20. The molecule has 1 unspecified atom stereocenters. The lowest BCUT2D eigenvalue weighted by Crippen LogP contribution is -2.47. The van der Waals surface area contributed by atoms with Gasteiger partial charge in [-0.2, -0.15) is 0 Å². The van der Waals surface area contributed by atoms with Gasteiger partial charge in [0.1, 0.15) is 11.6 Å². The molecule has 0 bridgehead atoms. The summed E-state index contributed by atoms with van der Waals surface area (Å²) in [5, 5.41) is 12.6. The average molecular weight is 549 g/mol. The summed E-state index contributed by atoms with van der Waals surface area (Å²) in [6, 6.07) is 24.6. The maximum atomic E-state index is 10.1. The van der Waals surface area contributed by atoms with Crippen molar-refractivity contribution in [2.75, 3.05) is 44.2 Å². The van der Waals surface area contributed by atoms with Gasteiger partial charge in [-0.1, -0.05) is 59.6 Å². The maximum absolute atomic E-state index is 10.1. The number of fused-ring (bicyclic) bond motifs is 1. The van der Waals surface area contributed by atoms with E-state index >= 15 is 0 Å². The molecule has 3 heterocycles. The molecule has 3 aromatic carbocycles. The molecular formula is C30H31Cl2N5O. The first kappa shape index (κ1) is 25.5. The summed E-state index contributed by atoms with van der Waals surface area (Å²) >= 11 is 12.4. The molecule has 0 spiro atoms. The van der Waals surface area contributed by atoms with Crippen molar-refractivity contribution in [1.82, 2.24) is 19.8 Å². The first-order chi connectivity index (χ1) is 18.5. The van der Waals surface area contributed by atoms with Crippen molar-refractivity contribution in [3.63, 3.8) is 0 Å². The lowest BCUT2D eigenvalue weighted by Gasteiger charge is -2.39. The van der Waals surface area contributed by atoms with E-state index in [4.69, 9.17) is 33.2 Å². The summed E-state index contributed by atoms with van der Waals surface area (Å²) in [6.07, 6.45) is 0.479. The Labute approximate surface area is 233 Å². The molecule has 2 saturated heterocycles. The lowest BCUT2D eigenvalue weighted by molar-refractivity contribution is 0.103. The number of para-hydroxylation sites is 1. The number of piperazine rings is 1. The molecule has 6 nitrogen and oxygen atoms in total. The molecule has 196 valence electrons. The van der Waals surface area contributed by atoms with Crippen molar-refractivity contribution in [2.24, 2.45) is 0 Å². The zero-order chi connectivity index (χ0) is 26.1. The summed E-state index contributed by atoms with van der Waals surface area (Å²) in [5.74, 6) is 1.77. The number of aromatic nitrogens is 2. The Morgan fingerprint density at radius 1 is 0.789 bits per heavy atom. The number of hydrogen-bond acceptors (Lipinski definition) is 6. The third-order valence-electron chi connectivity index (χ3n) is 7.60. The van der Waals surface area contributed by atoms with Crippen molar-refractivity contribution in [1.29, 1.82) is 0 Å². The second-order valence-corrected chi connectivity index (χ2v) is 11.1. The van der Waals surface area contributed by atoms with Crippen molar-refractivity contribution in [3.05, 3.63) is 99.8 Å². The fourth-order valence-electron chi connectivity index (χ4n) is 5.64. The number of anilines is 1. The van der Waals surface area contributed by atoms with Gasteiger partial charge in [0, 0.05) is 54.7 Å². The third-order valence-corrected chi connectivity index (χ3v) is 8.10. The van der Waals surface area contributed by atoms with Crippen molar-refractivity contribution >= 4 is 39.9 Å². The standard InChI is InChI=1S/C30H31Cl2N5O/c31-23-9-5-21(6-10-23)29(22-7-11-24(32)12-8-22)36-17-15-35(16-18-36)20-28-33-27-4-2-1-3-26(27)30(34-28)37-14-13-25(38)19-37/h1-12,25,29,38H,13-20H2.